The predicted molar refractivity (Wildman–Crippen MR) is 115 cm³/mol. The second kappa shape index (κ2) is 9.01. The average molecular weight is 438 g/mol. The molecule has 0 aliphatic carbocycles. The maximum absolute atomic E-state index is 12.9. The molecule has 1 aliphatic rings. The summed E-state index contributed by atoms with van der Waals surface area (Å²) in [7, 11) is 1.57. The first-order chi connectivity index (χ1) is 15.4. The lowest BCUT2D eigenvalue weighted by Crippen LogP contribution is -2.51. The van der Waals surface area contributed by atoms with Crippen LogP contribution in [0.1, 0.15) is 5.76 Å². The zero-order valence-corrected chi connectivity index (χ0v) is 17.7. The summed E-state index contributed by atoms with van der Waals surface area (Å²) in [4.78, 5) is 38.1. The van der Waals surface area contributed by atoms with Crippen molar-refractivity contribution in [2.24, 2.45) is 0 Å². The van der Waals surface area contributed by atoms with Crippen LogP contribution in [-0.4, -0.2) is 50.1 Å². The van der Waals surface area contributed by atoms with E-state index in [0.717, 1.165) is 0 Å². The summed E-state index contributed by atoms with van der Waals surface area (Å²) in [5, 5.41) is 2.99. The maximum atomic E-state index is 12.9. The van der Waals surface area contributed by atoms with Gasteiger partial charge in [0.1, 0.15) is 28.6 Å². The highest BCUT2D eigenvalue weighted by Gasteiger charge is 2.21. The van der Waals surface area contributed by atoms with Crippen molar-refractivity contribution in [3.63, 3.8) is 0 Å². The number of nitrogens with zero attached hydrogens (tertiary/aromatic N) is 1. The summed E-state index contributed by atoms with van der Waals surface area (Å²) in [6.07, 6.45) is 0. The number of fused-ring (bicyclic) bond motifs is 1. The monoisotopic (exact) mass is 438 g/mol. The Labute approximate surface area is 183 Å². The lowest BCUT2D eigenvalue weighted by atomic mass is 10.2. The Morgan fingerprint density at radius 2 is 1.81 bits per heavy atom. The first kappa shape index (κ1) is 21.2. The number of ether oxygens (including phenoxy) is 3. The number of amides is 2. The van der Waals surface area contributed by atoms with Gasteiger partial charge in [-0.1, -0.05) is 0 Å². The topological polar surface area (TPSA) is 107 Å². The third-order valence-electron chi connectivity index (χ3n) is 5.02. The highest BCUT2D eigenvalue weighted by molar-refractivity contribution is 5.86. The second-order valence-corrected chi connectivity index (χ2v) is 7.21. The van der Waals surface area contributed by atoms with Gasteiger partial charge in [0.2, 0.25) is 17.1 Å². The molecule has 4 rings (SSSR count). The minimum absolute atomic E-state index is 0.0188. The molecule has 0 bridgehead atoms. The van der Waals surface area contributed by atoms with Gasteiger partial charge in [0.15, 0.2) is 6.61 Å². The molecule has 166 valence electrons. The van der Waals surface area contributed by atoms with Crippen LogP contribution < -0.4 is 25.0 Å². The number of nitrogens with one attached hydrogen (secondary N) is 1. The highest BCUT2D eigenvalue weighted by atomic mass is 16.5. The van der Waals surface area contributed by atoms with Crippen molar-refractivity contribution in [1.29, 1.82) is 0 Å². The molecule has 2 heterocycles. The van der Waals surface area contributed by atoms with Gasteiger partial charge in [0.25, 0.3) is 5.91 Å². The molecule has 2 amide bonds. The van der Waals surface area contributed by atoms with Gasteiger partial charge >= 0.3 is 0 Å². The summed E-state index contributed by atoms with van der Waals surface area (Å²) >= 11 is 0. The lowest BCUT2D eigenvalue weighted by molar-refractivity contribution is -0.139. The van der Waals surface area contributed by atoms with Gasteiger partial charge in [-0.05, 0) is 43.3 Å². The Morgan fingerprint density at radius 3 is 2.53 bits per heavy atom. The van der Waals surface area contributed by atoms with Crippen molar-refractivity contribution < 1.29 is 28.2 Å². The Balaban J connectivity index is 1.50. The third kappa shape index (κ3) is 4.51. The largest absolute Gasteiger partial charge is 0.497 e. The number of aryl methyl sites for hydroxylation is 1. The second-order valence-electron chi connectivity index (χ2n) is 7.21. The van der Waals surface area contributed by atoms with Crippen LogP contribution in [0.2, 0.25) is 0 Å². The van der Waals surface area contributed by atoms with E-state index in [1.54, 1.807) is 56.5 Å². The standard InChI is InChI=1S/C23H22N2O7/c1-14-23(32-16-5-3-15(29-2)4-6-16)22(28)18-8-7-17(11-19(18)31-14)30-13-21(27)25-10-9-24-20(26)12-25/h3-8,11H,9-10,12-13H2,1-2H3,(H,24,26). The summed E-state index contributed by atoms with van der Waals surface area (Å²) in [5.41, 5.74) is -0.00148. The number of carbonyl (C=O) groups is 2. The summed E-state index contributed by atoms with van der Waals surface area (Å²) in [5.74, 6) is 1.44. The molecule has 2 aromatic carbocycles. The molecule has 0 saturated carbocycles. The number of methoxy groups -OCH3 is 1. The van der Waals surface area contributed by atoms with Gasteiger partial charge < -0.3 is 28.8 Å². The fourth-order valence-corrected chi connectivity index (χ4v) is 3.33. The first-order valence-corrected chi connectivity index (χ1v) is 10.0. The molecule has 0 radical (unpaired) electrons. The van der Waals surface area contributed by atoms with E-state index < -0.39 is 0 Å². The van der Waals surface area contributed by atoms with E-state index in [9.17, 15) is 14.4 Å². The molecule has 1 saturated heterocycles. The number of benzene rings is 2. The lowest BCUT2D eigenvalue weighted by Gasteiger charge is -2.26. The molecule has 1 fully saturated rings. The van der Waals surface area contributed by atoms with Gasteiger partial charge in [-0.25, -0.2) is 0 Å². The maximum Gasteiger partial charge on any atom is 0.261 e. The van der Waals surface area contributed by atoms with E-state index >= 15 is 0 Å². The summed E-state index contributed by atoms with van der Waals surface area (Å²) in [6, 6.07) is 11.6. The van der Waals surface area contributed by atoms with Crippen LogP contribution in [0.5, 0.6) is 23.0 Å². The Bertz CT molecular complexity index is 1220. The third-order valence-corrected chi connectivity index (χ3v) is 5.02. The van der Waals surface area contributed by atoms with Crippen LogP contribution in [0, 0.1) is 6.92 Å². The van der Waals surface area contributed by atoms with E-state index in [-0.39, 0.29) is 36.1 Å². The van der Waals surface area contributed by atoms with Crippen LogP contribution in [-0.2, 0) is 9.59 Å². The zero-order valence-electron chi connectivity index (χ0n) is 17.7. The van der Waals surface area contributed by atoms with E-state index in [1.165, 1.54) is 4.90 Å². The highest BCUT2D eigenvalue weighted by Crippen LogP contribution is 2.28. The van der Waals surface area contributed by atoms with Gasteiger partial charge in [-0.15, -0.1) is 0 Å². The molecule has 1 N–H and O–H groups in total. The molecule has 0 spiro atoms. The van der Waals surface area contributed by atoms with Gasteiger partial charge in [0, 0.05) is 19.2 Å². The van der Waals surface area contributed by atoms with Gasteiger partial charge in [0.05, 0.1) is 19.0 Å². The Morgan fingerprint density at radius 1 is 1.09 bits per heavy atom. The minimum atomic E-state index is -0.318. The molecular weight excluding hydrogens is 416 g/mol. The molecule has 3 aromatic rings. The molecule has 9 heteroatoms. The van der Waals surface area contributed by atoms with Gasteiger partial charge in [-0.2, -0.15) is 0 Å². The molecule has 1 aliphatic heterocycles. The smallest absolute Gasteiger partial charge is 0.261 e. The summed E-state index contributed by atoms with van der Waals surface area (Å²) < 4.78 is 22.2. The quantitative estimate of drug-likeness (QED) is 0.629. The molecular formula is C23H22N2O7. The molecule has 1 aromatic heterocycles. The van der Waals surface area contributed by atoms with E-state index in [4.69, 9.17) is 18.6 Å². The summed E-state index contributed by atoms with van der Waals surface area (Å²) in [6.45, 7) is 2.30. The van der Waals surface area contributed by atoms with E-state index in [1.807, 2.05) is 0 Å². The van der Waals surface area contributed by atoms with Crippen LogP contribution in [0.4, 0.5) is 0 Å². The number of hydrogen-bond donors (Lipinski definition) is 1. The number of rotatable bonds is 6. The molecule has 32 heavy (non-hydrogen) atoms. The number of hydrogen-bond acceptors (Lipinski definition) is 7. The Hall–Kier alpha value is -4.01. The van der Waals surface area contributed by atoms with Crippen molar-refractivity contribution in [2.45, 2.75) is 6.92 Å². The normalized spacial score (nSPS) is 13.6. The van der Waals surface area contributed by atoms with Crippen LogP contribution >= 0.6 is 0 Å². The zero-order chi connectivity index (χ0) is 22.7. The van der Waals surface area contributed by atoms with Crippen LogP contribution in [0.15, 0.2) is 51.7 Å². The van der Waals surface area contributed by atoms with Gasteiger partial charge in [-0.3, -0.25) is 14.4 Å². The predicted octanol–water partition coefficient (Wildman–Crippen LogP) is 2.24. The van der Waals surface area contributed by atoms with E-state index in [2.05, 4.69) is 5.32 Å². The van der Waals surface area contributed by atoms with Crippen LogP contribution in [0.25, 0.3) is 11.0 Å². The fourth-order valence-electron chi connectivity index (χ4n) is 3.33. The Kier molecular flexibility index (Phi) is 5.98. The van der Waals surface area contributed by atoms with Crippen molar-refractivity contribution in [2.75, 3.05) is 33.4 Å². The van der Waals surface area contributed by atoms with E-state index in [0.29, 0.717) is 47.1 Å². The minimum Gasteiger partial charge on any atom is -0.497 e. The van der Waals surface area contributed by atoms with Crippen molar-refractivity contribution in [3.8, 4) is 23.0 Å². The van der Waals surface area contributed by atoms with Crippen LogP contribution in [0.3, 0.4) is 0 Å². The number of piperazine rings is 1. The molecule has 0 atom stereocenters. The van der Waals surface area contributed by atoms with Crippen molar-refractivity contribution in [3.05, 3.63) is 58.4 Å². The molecule has 0 unspecified atom stereocenters. The number of carbonyl (C=O) groups excluding carboxylic acids is 2. The first-order valence-electron chi connectivity index (χ1n) is 10.0. The fraction of sp³-hybridized carbons (Fsp3) is 0.261. The SMILES string of the molecule is COc1ccc(Oc2c(C)oc3cc(OCC(=O)N4CCNC(=O)C4)ccc3c2=O)cc1. The molecule has 9 nitrogen and oxygen atoms in total. The average Bonchev–Trinajstić information content (AvgIpc) is 2.80. The van der Waals surface area contributed by atoms with Crippen molar-refractivity contribution in [1.82, 2.24) is 10.2 Å². The van der Waals surface area contributed by atoms with Crippen molar-refractivity contribution >= 4 is 22.8 Å².